The minimum absolute atomic E-state index is 0.0764. The molecule has 0 aliphatic heterocycles. The Kier molecular flexibility index (Phi) is 8.48. The molecular formula is C26H31IN4O3. The van der Waals surface area contributed by atoms with Crippen molar-refractivity contribution in [2.24, 2.45) is 10.7 Å². The zero-order valence-electron chi connectivity index (χ0n) is 19.8. The third kappa shape index (κ3) is 7.14. The van der Waals surface area contributed by atoms with Crippen LogP contribution in [0.5, 0.6) is 0 Å². The van der Waals surface area contributed by atoms with Gasteiger partial charge in [-0.15, -0.1) is 0 Å². The summed E-state index contributed by atoms with van der Waals surface area (Å²) in [4.78, 5) is 24.3. The monoisotopic (exact) mass is 574 g/mol. The number of hydrogen-bond donors (Lipinski definition) is 3. The predicted molar refractivity (Wildman–Crippen MR) is 143 cm³/mol. The molecule has 2 aromatic carbocycles. The lowest BCUT2D eigenvalue weighted by molar-refractivity contribution is -0.137. The lowest BCUT2D eigenvalue weighted by Crippen LogP contribution is -2.39. The topological polar surface area (TPSA) is 114 Å². The van der Waals surface area contributed by atoms with Crippen LogP contribution in [0.1, 0.15) is 57.5 Å². The Hall–Kier alpha value is -2.72. The van der Waals surface area contributed by atoms with Crippen molar-refractivity contribution >= 4 is 34.5 Å². The summed E-state index contributed by atoms with van der Waals surface area (Å²) in [7, 11) is 0. The molecule has 0 amide bonds. The lowest BCUT2D eigenvalue weighted by atomic mass is 9.93. The zero-order valence-corrected chi connectivity index (χ0v) is 22.0. The average Bonchev–Trinajstić information content (AvgIpc) is 3.26. The Bertz CT molecular complexity index is 1120. The minimum atomic E-state index is -1.01. The molecule has 4 N–H and O–H groups in total. The maximum Gasteiger partial charge on any atom is 0.305 e. The third-order valence-electron chi connectivity index (χ3n) is 5.22. The Morgan fingerprint density at radius 2 is 1.82 bits per heavy atom. The highest BCUT2D eigenvalue weighted by Crippen LogP contribution is 2.34. The van der Waals surface area contributed by atoms with Crippen molar-refractivity contribution in [3.05, 3.63) is 75.8 Å². The predicted octanol–water partition coefficient (Wildman–Crippen LogP) is 5.54. The van der Waals surface area contributed by atoms with E-state index in [-0.39, 0.29) is 18.2 Å². The third-order valence-corrected chi connectivity index (χ3v) is 5.94. The van der Waals surface area contributed by atoms with Gasteiger partial charge >= 0.3 is 5.97 Å². The second kappa shape index (κ2) is 11.1. The molecule has 0 fully saturated rings. The van der Waals surface area contributed by atoms with E-state index in [1.54, 1.807) is 6.20 Å². The number of rotatable bonds is 8. The molecular weight excluding hydrogens is 543 g/mol. The minimum Gasteiger partial charge on any atom is -0.481 e. The number of nitrogens with zero attached hydrogens (tertiary/aromatic N) is 2. The average molecular weight is 574 g/mol. The largest absolute Gasteiger partial charge is 0.481 e. The van der Waals surface area contributed by atoms with E-state index < -0.39 is 23.7 Å². The van der Waals surface area contributed by atoms with Gasteiger partial charge in [0.05, 0.1) is 24.4 Å². The number of hydrogen-bond acceptors (Lipinski definition) is 5. The molecule has 0 saturated heterocycles. The number of ether oxygens (including phenoxy) is 1. The summed E-state index contributed by atoms with van der Waals surface area (Å²) < 4.78 is 7.21. The van der Waals surface area contributed by atoms with Crippen LogP contribution in [0.3, 0.4) is 0 Å². The van der Waals surface area contributed by atoms with E-state index in [1.807, 2.05) is 75.4 Å². The smallest absolute Gasteiger partial charge is 0.305 e. The van der Waals surface area contributed by atoms with Crippen LogP contribution in [0.25, 0.3) is 11.3 Å². The quantitative estimate of drug-likeness (QED) is 0.186. The number of aromatic nitrogens is 2. The van der Waals surface area contributed by atoms with Gasteiger partial charge in [-0.2, -0.15) is 0 Å². The number of halogens is 1. The van der Waals surface area contributed by atoms with Gasteiger partial charge in [0.15, 0.2) is 0 Å². The van der Waals surface area contributed by atoms with Crippen LogP contribution in [-0.4, -0.2) is 38.6 Å². The first-order valence-electron chi connectivity index (χ1n) is 11.1. The lowest BCUT2D eigenvalue weighted by Gasteiger charge is -2.27. The van der Waals surface area contributed by atoms with Gasteiger partial charge in [0.2, 0.25) is 5.90 Å². The first-order chi connectivity index (χ1) is 16.0. The van der Waals surface area contributed by atoms with Gasteiger partial charge in [0.25, 0.3) is 0 Å². The number of carboxylic acids is 1. The Morgan fingerprint density at radius 3 is 2.41 bits per heavy atom. The maximum absolute atomic E-state index is 11.4. The van der Waals surface area contributed by atoms with Gasteiger partial charge in [0, 0.05) is 9.49 Å². The first kappa shape index (κ1) is 25.9. The Morgan fingerprint density at radius 1 is 1.18 bits per heavy atom. The molecule has 0 aliphatic rings. The molecule has 0 bridgehead atoms. The van der Waals surface area contributed by atoms with E-state index >= 15 is 0 Å². The Balaban J connectivity index is 2.07. The van der Waals surface area contributed by atoms with Crippen molar-refractivity contribution in [2.45, 2.75) is 57.7 Å². The molecule has 3 aromatic rings. The zero-order chi connectivity index (χ0) is 24.9. The normalized spacial score (nSPS) is 14.9. The fourth-order valence-electron chi connectivity index (χ4n) is 3.54. The number of carbonyl (C=O) groups is 1. The molecule has 7 nitrogen and oxygen atoms in total. The number of nitrogens with one attached hydrogen (secondary N) is 1. The molecule has 3 atom stereocenters. The van der Waals surface area contributed by atoms with Crippen LogP contribution in [-0.2, 0) is 9.53 Å². The van der Waals surface area contributed by atoms with Crippen molar-refractivity contribution in [1.29, 1.82) is 0 Å². The highest BCUT2D eigenvalue weighted by atomic mass is 127. The summed E-state index contributed by atoms with van der Waals surface area (Å²) >= 11 is 2.27. The van der Waals surface area contributed by atoms with Crippen LogP contribution in [0.2, 0.25) is 0 Å². The number of aliphatic carboxylic acids is 1. The van der Waals surface area contributed by atoms with Gasteiger partial charge in [-0.1, -0.05) is 49.4 Å². The molecule has 0 saturated carbocycles. The van der Waals surface area contributed by atoms with Crippen LogP contribution < -0.4 is 5.73 Å². The summed E-state index contributed by atoms with van der Waals surface area (Å²) in [5, 5.41) is 9.31. The van der Waals surface area contributed by atoms with Crippen molar-refractivity contribution in [1.82, 2.24) is 9.97 Å². The highest BCUT2D eigenvalue weighted by molar-refractivity contribution is 14.1. The van der Waals surface area contributed by atoms with Crippen molar-refractivity contribution in [2.75, 3.05) is 0 Å². The number of H-pyrrole nitrogens is 1. The summed E-state index contributed by atoms with van der Waals surface area (Å²) in [5.74, 6) is -0.228. The van der Waals surface area contributed by atoms with E-state index in [1.165, 1.54) is 0 Å². The van der Waals surface area contributed by atoms with Gasteiger partial charge in [-0.05, 0) is 66.6 Å². The van der Waals surface area contributed by atoms with Gasteiger partial charge < -0.3 is 20.6 Å². The van der Waals surface area contributed by atoms with Crippen molar-refractivity contribution in [3.63, 3.8) is 0 Å². The molecule has 0 radical (unpaired) electrons. The summed E-state index contributed by atoms with van der Waals surface area (Å²) in [6.45, 7) is 7.71. The number of imidazole rings is 1. The first-order valence-corrected chi connectivity index (χ1v) is 12.2. The van der Waals surface area contributed by atoms with E-state index in [9.17, 15) is 9.90 Å². The molecule has 8 heteroatoms. The summed E-state index contributed by atoms with van der Waals surface area (Å²) in [5.41, 5.74) is 8.61. The molecule has 1 aromatic heterocycles. The molecule has 0 unspecified atom stereocenters. The van der Waals surface area contributed by atoms with Crippen LogP contribution in [0, 0.1) is 3.57 Å². The van der Waals surface area contributed by atoms with Gasteiger partial charge in [0.1, 0.15) is 17.5 Å². The SMILES string of the molecule is C[C@H](c1ccccc1)[C@H](N=C(OC(C)(C)C)[C@H](N)CC(=O)O)c1ncc(-c2ccc(I)cc2)[nH]1. The Labute approximate surface area is 214 Å². The number of carboxylic acid groups (broad SMARTS) is 1. The molecule has 3 rings (SSSR count). The van der Waals surface area contributed by atoms with E-state index in [2.05, 4.69) is 39.5 Å². The van der Waals surface area contributed by atoms with Crippen LogP contribution in [0.4, 0.5) is 0 Å². The summed E-state index contributed by atoms with van der Waals surface area (Å²) in [6, 6.07) is 16.8. The van der Waals surface area contributed by atoms with Gasteiger partial charge in [-0.25, -0.2) is 9.98 Å². The van der Waals surface area contributed by atoms with E-state index in [4.69, 9.17) is 15.5 Å². The maximum atomic E-state index is 11.4. The van der Waals surface area contributed by atoms with Crippen LogP contribution >= 0.6 is 22.6 Å². The highest BCUT2D eigenvalue weighted by Gasteiger charge is 2.29. The summed E-state index contributed by atoms with van der Waals surface area (Å²) in [6.07, 6.45) is 1.51. The standard InChI is InChI=1S/C26H31IN4O3/c1-16(17-8-6-5-7-9-17)23(31-25(34-26(2,3)4)20(28)14-22(32)33)24-29-15-21(30-24)18-10-12-19(27)13-11-18/h5-13,15-16,20,23H,14,28H2,1-4H3,(H,29,30)(H,32,33)/t16-,20-,23+/m1/s1. The molecule has 34 heavy (non-hydrogen) atoms. The fourth-order valence-corrected chi connectivity index (χ4v) is 3.90. The second-order valence-electron chi connectivity index (χ2n) is 9.22. The van der Waals surface area contributed by atoms with Crippen molar-refractivity contribution in [3.8, 4) is 11.3 Å². The second-order valence-corrected chi connectivity index (χ2v) is 10.5. The molecule has 180 valence electrons. The molecule has 0 spiro atoms. The number of aliphatic imine (C=N–C) groups is 1. The molecule has 1 heterocycles. The van der Waals surface area contributed by atoms with E-state index in [0.29, 0.717) is 5.82 Å². The van der Waals surface area contributed by atoms with Crippen LogP contribution in [0.15, 0.2) is 65.8 Å². The van der Waals surface area contributed by atoms with Crippen molar-refractivity contribution < 1.29 is 14.6 Å². The molecule has 0 aliphatic carbocycles. The van der Waals surface area contributed by atoms with E-state index in [0.717, 1.165) is 20.4 Å². The number of nitrogens with two attached hydrogens (primary N) is 1. The van der Waals surface area contributed by atoms with Gasteiger partial charge in [-0.3, -0.25) is 4.79 Å². The number of aromatic amines is 1. The fraction of sp³-hybridized carbons (Fsp3) is 0.346. The number of benzene rings is 2.